The Labute approximate surface area is 232 Å². The Morgan fingerprint density at radius 3 is 2.05 bits per heavy atom. The highest BCUT2D eigenvalue weighted by Gasteiger charge is 2.58. The lowest BCUT2D eigenvalue weighted by Gasteiger charge is -2.45. The summed E-state index contributed by atoms with van der Waals surface area (Å²) in [5, 5.41) is 8.84. The lowest BCUT2D eigenvalue weighted by atomic mass is 9.99. The molecule has 1 fully saturated rings. The van der Waals surface area contributed by atoms with E-state index in [4.69, 9.17) is 14.0 Å². The van der Waals surface area contributed by atoms with Gasteiger partial charge in [-0.2, -0.15) is 0 Å². The van der Waals surface area contributed by atoms with Crippen LogP contribution in [0.25, 0.3) is 0 Å². The second kappa shape index (κ2) is 13.3. The highest BCUT2D eigenvalue weighted by atomic mass is 31.2. The Morgan fingerprint density at radius 2 is 1.56 bits per heavy atom. The van der Waals surface area contributed by atoms with E-state index < -0.39 is 41.9 Å². The number of ether oxygens (including phenoxy) is 2. The van der Waals surface area contributed by atoms with Crippen LogP contribution in [0.1, 0.15) is 73.3 Å². The second-order valence-corrected chi connectivity index (χ2v) is 14.8. The fourth-order valence-corrected chi connectivity index (χ4v) is 7.54. The van der Waals surface area contributed by atoms with Gasteiger partial charge in [-0.1, -0.05) is 30.3 Å². The van der Waals surface area contributed by atoms with Gasteiger partial charge in [0.25, 0.3) is 0 Å². The molecule has 1 saturated heterocycles. The van der Waals surface area contributed by atoms with Crippen LogP contribution in [0.3, 0.4) is 0 Å². The zero-order valence-corrected chi connectivity index (χ0v) is 25.3. The number of carbonyl (C=O) groups is 3. The predicted molar refractivity (Wildman–Crippen MR) is 149 cm³/mol. The molecule has 39 heavy (non-hydrogen) atoms. The first-order chi connectivity index (χ1) is 18.0. The van der Waals surface area contributed by atoms with Gasteiger partial charge in [0.1, 0.15) is 11.2 Å². The normalized spacial score (nSPS) is 22.2. The van der Waals surface area contributed by atoms with E-state index in [0.717, 1.165) is 10.5 Å². The standard InChI is InChI=1S/C28H45N2O8P/c1-8-36-39(35)19-18-29(20-22-14-10-9-11-15-22)21-28(39,23(31)32)16-12-13-17-30(24(33)37-26(2,3)4)25(34)38-27(5,6)7/h9-11,14-15H,8,12-13,16-21H2,1-7H3,(H,31,32). The monoisotopic (exact) mass is 568 g/mol. The lowest BCUT2D eigenvalue weighted by molar-refractivity contribution is -0.141. The molecule has 1 aromatic carbocycles. The number of carbonyl (C=O) groups excluding carboxylic acids is 2. The Hall–Kier alpha value is -2.42. The lowest BCUT2D eigenvalue weighted by Crippen LogP contribution is -2.54. The highest BCUT2D eigenvalue weighted by molar-refractivity contribution is 7.62. The minimum atomic E-state index is -3.55. The van der Waals surface area contributed by atoms with Crippen LogP contribution in [0.4, 0.5) is 9.59 Å². The number of nitrogens with zero attached hydrogens (tertiary/aromatic N) is 2. The van der Waals surface area contributed by atoms with Gasteiger partial charge in [-0.05, 0) is 73.3 Å². The molecule has 1 aromatic rings. The van der Waals surface area contributed by atoms with Crippen molar-refractivity contribution in [2.24, 2.45) is 0 Å². The van der Waals surface area contributed by atoms with Crippen LogP contribution >= 0.6 is 7.37 Å². The molecular formula is C28H45N2O8P. The molecule has 0 radical (unpaired) electrons. The molecule has 1 heterocycles. The van der Waals surface area contributed by atoms with Crippen LogP contribution in [0.5, 0.6) is 0 Å². The largest absolute Gasteiger partial charge is 0.480 e. The van der Waals surface area contributed by atoms with Crippen LogP contribution in [0.15, 0.2) is 30.3 Å². The van der Waals surface area contributed by atoms with Gasteiger partial charge in [-0.25, -0.2) is 14.5 Å². The number of hydrogen-bond acceptors (Lipinski definition) is 8. The van der Waals surface area contributed by atoms with Gasteiger partial charge in [0.05, 0.1) is 6.61 Å². The van der Waals surface area contributed by atoms with Gasteiger partial charge < -0.3 is 19.1 Å². The molecule has 0 aliphatic carbocycles. The number of hydrogen-bond donors (Lipinski definition) is 1. The van der Waals surface area contributed by atoms with E-state index in [0.29, 0.717) is 19.5 Å². The van der Waals surface area contributed by atoms with E-state index in [9.17, 15) is 24.1 Å². The summed E-state index contributed by atoms with van der Waals surface area (Å²) in [6.07, 6.45) is -0.889. The molecule has 0 saturated carbocycles. The topological polar surface area (TPSA) is 123 Å². The Kier molecular flexibility index (Phi) is 11.2. The minimum absolute atomic E-state index is 0.0355. The fourth-order valence-electron chi connectivity index (χ4n) is 4.57. The molecule has 1 aliphatic heterocycles. The van der Waals surface area contributed by atoms with E-state index in [-0.39, 0.29) is 38.7 Å². The molecule has 0 aromatic heterocycles. The van der Waals surface area contributed by atoms with Crippen molar-refractivity contribution in [2.45, 2.75) is 90.6 Å². The van der Waals surface area contributed by atoms with Gasteiger partial charge in [-0.15, -0.1) is 0 Å². The molecule has 1 N–H and O–H groups in total. The van der Waals surface area contributed by atoms with Crippen LogP contribution in [-0.4, -0.2) is 81.8 Å². The van der Waals surface area contributed by atoms with Crippen molar-refractivity contribution in [3.05, 3.63) is 35.9 Å². The summed E-state index contributed by atoms with van der Waals surface area (Å²) >= 11 is 0. The molecule has 11 heteroatoms. The maximum Gasteiger partial charge on any atom is 0.419 e. The maximum absolute atomic E-state index is 14.0. The highest BCUT2D eigenvalue weighted by Crippen LogP contribution is 2.63. The SMILES string of the molecule is CCOP1(=O)CCN(Cc2ccccc2)CC1(CCCCN(C(=O)OC(C)(C)C)C(=O)OC(C)(C)C)C(=O)O. The molecule has 2 unspecified atom stereocenters. The zero-order chi connectivity index (χ0) is 29.5. The number of rotatable bonds is 10. The van der Waals surface area contributed by atoms with Gasteiger partial charge in [0.2, 0.25) is 7.37 Å². The van der Waals surface area contributed by atoms with Crippen molar-refractivity contribution < 1.29 is 38.1 Å². The summed E-state index contributed by atoms with van der Waals surface area (Å²) in [7, 11) is -3.55. The van der Waals surface area contributed by atoms with Gasteiger partial charge in [0, 0.05) is 32.3 Å². The molecule has 10 nitrogen and oxygen atoms in total. The van der Waals surface area contributed by atoms with E-state index in [1.54, 1.807) is 48.5 Å². The number of carboxylic acids is 1. The molecule has 2 amide bonds. The van der Waals surface area contributed by atoms with Crippen molar-refractivity contribution in [1.29, 1.82) is 0 Å². The average Bonchev–Trinajstić information content (AvgIpc) is 2.79. The molecule has 1 aliphatic rings. The van der Waals surface area contributed by atoms with E-state index in [1.807, 2.05) is 35.2 Å². The third-order valence-electron chi connectivity index (χ3n) is 6.28. The van der Waals surface area contributed by atoms with Crippen LogP contribution in [-0.2, 0) is 29.9 Å². The summed E-state index contributed by atoms with van der Waals surface area (Å²) in [6.45, 7) is 13.1. The number of amides is 2. The van der Waals surface area contributed by atoms with Gasteiger partial charge in [0.15, 0.2) is 5.16 Å². The van der Waals surface area contributed by atoms with Crippen molar-refractivity contribution in [3.8, 4) is 0 Å². The fraction of sp³-hybridized carbons (Fsp3) is 0.679. The molecular weight excluding hydrogens is 523 g/mol. The first-order valence-corrected chi connectivity index (χ1v) is 15.3. The summed E-state index contributed by atoms with van der Waals surface area (Å²) < 4.78 is 30.5. The molecule has 220 valence electrons. The molecule has 0 bridgehead atoms. The third kappa shape index (κ3) is 9.33. The maximum atomic E-state index is 14.0. The predicted octanol–water partition coefficient (Wildman–Crippen LogP) is 5.98. The number of imide groups is 1. The number of benzene rings is 1. The first-order valence-electron chi connectivity index (χ1n) is 13.5. The summed E-state index contributed by atoms with van der Waals surface area (Å²) in [6, 6.07) is 9.72. The average molecular weight is 569 g/mol. The van der Waals surface area contributed by atoms with E-state index in [1.165, 1.54) is 0 Å². The summed E-state index contributed by atoms with van der Waals surface area (Å²) in [5.41, 5.74) is -0.603. The Balaban J connectivity index is 2.21. The minimum Gasteiger partial charge on any atom is -0.480 e. The van der Waals surface area contributed by atoms with E-state index in [2.05, 4.69) is 0 Å². The Morgan fingerprint density at radius 1 is 1.00 bits per heavy atom. The molecule has 2 atom stereocenters. The number of carboxylic acid groups (broad SMARTS) is 1. The zero-order valence-electron chi connectivity index (χ0n) is 24.4. The molecule has 0 spiro atoms. The smallest absolute Gasteiger partial charge is 0.419 e. The van der Waals surface area contributed by atoms with Crippen molar-refractivity contribution in [3.63, 3.8) is 0 Å². The van der Waals surface area contributed by atoms with Gasteiger partial charge in [-0.3, -0.25) is 14.3 Å². The second-order valence-electron chi connectivity index (χ2n) is 11.9. The number of unbranched alkanes of at least 4 members (excludes halogenated alkanes) is 1. The van der Waals surface area contributed by atoms with Crippen molar-refractivity contribution in [2.75, 3.05) is 32.4 Å². The van der Waals surface area contributed by atoms with Crippen LogP contribution in [0, 0.1) is 0 Å². The van der Waals surface area contributed by atoms with Crippen LogP contribution < -0.4 is 0 Å². The molecule has 2 rings (SSSR count). The Bertz CT molecular complexity index is 1010. The van der Waals surface area contributed by atoms with Gasteiger partial charge >= 0.3 is 18.2 Å². The van der Waals surface area contributed by atoms with Crippen molar-refractivity contribution in [1.82, 2.24) is 9.80 Å². The van der Waals surface area contributed by atoms with Crippen LogP contribution in [0.2, 0.25) is 0 Å². The quantitative estimate of drug-likeness (QED) is 0.268. The summed E-state index contributed by atoms with van der Waals surface area (Å²) in [4.78, 5) is 41.3. The summed E-state index contributed by atoms with van der Waals surface area (Å²) in [5.74, 6) is -1.16. The van der Waals surface area contributed by atoms with Crippen molar-refractivity contribution >= 4 is 25.5 Å². The van der Waals surface area contributed by atoms with E-state index >= 15 is 0 Å². The first kappa shape index (κ1) is 32.8. The third-order valence-corrected chi connectivity index (χ3v) is 9.61. The number of aliphatic carboxylic acids is 1.